The summed E-state index contributed by atoms with van der Waals surface area (Å²) in [5, 5.41) is 5.15. The second kappa shape index (κ2) is 7.89. The molecular weight excluding hydrogens is 366 g/mol. The molecule has 8 nitrogen and oxygen atoms in total. The molecule has 136 valence electrons. The van der Waals surface area contributed by atoms with Gasteiger partial charge in [0.15, 0.2) is 4.80 Å². The third-order valence-corrected chi connectivity index (χ3v) is 5.41. The zero-order valence-corrected chi connectivity index (χ0v) is 15.5. The van der Waals surface area contributed by atoms with E-state index >= 15 is 0 Å². The predicted molar refractivity (Wildman–Crippen MR) is 93.3 cm³/mol. The van der Waals surface area contributed by atoms with Gasteiger partial charge in [0, 0.05) is 6.42 Å². The number of thiazole rings is 1. The molecule has 0 atom stereocenters. The van der Waals surface area contributed by atoms with Crippen molar-refractivity contribution in [2.45, 2.75) is 37.6 Å². The molecule has 0 aliphatic heterocycles. The zero-order valence-electron chi connectivity index (χ0n) is 13.9. The number of hydrogen-bond donors (Lipinski definition) is 1. The lowest BCUT2D eigenvalue weighted by Gasteiger charge is -2.04. The number of carbonyl (C=O) groups excluding carboxylic acids is 2. The van der Waals surface area contributed by atoms with Crippen molar-refractivity contribution in [1.29, 1.82) is 0 Å². The largest absolute Gasteiger partial charge is 0.468 e. The van der Waals surface area contributed by atoms with Crippen molar-refractivity contribution in [3.05, 3.63) is 23.0 Å². The maximum Gasteiger partial charge on any atom is 0.325 e. The van der Waals surface area contributed by atoms with Gasteiger partial charge in [0.05, 0.1) is 22.2 Å². The van der Waals surface area contributed by atoms with Crippen LogP contribution in [0, 0.1) is 0 Å². The molecule has 0 unspecified atom stereocenters. The van der Waals surface area contributed by atoms with Crippen LogP contribution >= 0.6 is 11.3 Å². The number of hydrogen-bond acceptors (Lipinski definition) is 6. The fourth-order valence-electron chi connectivity index (χ4n) is 2.15. The molecule has 1 heterocycles. The maximum atomic E-state index is 12.0. The summed E-state index contributed by atoms with van der Waals surface area (Å²) in [6.07, 6.45) is 1.90. The lowest BCUT2D eigenvalue weighted by Crippen LogP contribution is -2.22. The molecular formula is C15H19N3O5S2. The fourth-order valence-corrected chi connectivity index (χ4v) is 3.85. The van der Waals surface area contributed by atoms with Crippen LogP contribution in [0.1, 0.15) is 26.2 Å². The number of esters is 1. The molecule has 25 heavy (non-hydrogen) atoms. The van der Waals surface area contributed by atoms with E-state index < -0.39 is 16.0 Å². The summed E-state index contributed by atoms with van der Waals surface area (Å²) in [6, 6.07) is 4.28. The van der Waals surface area contributed by atoms with Crippen LogP contribution in [0.15, 0.2) is 28.1 Å². The number of amides is 1. The van der Waals surface area contributed by atoms with E-state index in [9.17, 15) is 18.0 Å². The Balaban J connectivity index is 2.61. The Morgan fingerprint density at radius 2 is 2.08 bits per heavy atom. The number of nitrogens with two attached hydrogens (primary N) is 1. The summed E-state index contributed by atoms with van der Waals surface area (Å²) in [4.78, 5) is 28.0. The van der Waals surface area contributed by atoms with Crippen LogP contribution in [0.2, 0.25) is 0 Å². The molecule has 0 aliphatic rings. The minimum atomic E-state index is -3.85. The van der Waals surface area contributed by atoms with Gasteiger partial charge in [-0.25, -0.2) is 13.6 Å². The number of carbonyl (C=O) groups is 2. The standard InChI is InChI=1S/C15H19N3O5S2/c1-3-4-5-13(19)17-15-18(9-14(20)23-2)11-7-6-10(25(16,21)22)8-12(11)24-15/h6-8H,3-5,9H2,1-2H3,(H2,16,21,22). The molecule has 2 aromatic rings. The highest BCUT2D eigenvalue weighted by atomic mass is 32.2. The molecule has 10 heteroatoms. The van der Waals surface area contributed by atoms with Crippen LogP contribution in [-0.2, 0) is 30.9 Å². The van der Waals surface area contributed by atoms with E-state index in [0.29, 0.717) is 21.4 Å². The first-order valence-electron chi connectivity index (χ1n) is 7.56. The van der Waals surface area contributed by atoms with Gasteiger partial charge in [0.25, 0.3) is 0 Å². The Morgan fingerprint density at radius 3 is 2.68 bits per heavy atom. The number of primary sulfonamides is 1. The summed E-state index contributed by atoms with van der Waals surface area (Å²) in [6.45, 7) is 1.84. The van der Waals surface area contributed by atoms with Crippen LogP contribution < -0.4 is 9.94 Å². The molecule has 0 saturated carbocycles. The molecule has 2 N–H and O–H groups in total. The summed E-state index contributed by atoms with van der Waals surface area (Å²) in [5.41, 5.74) is 0.574. The number of sulfonamides is 1. The minimum Gasteiger partial charge on any atom is -0.468 e. The fraction of sp³-hybridized carbons (Fsp3) is 0.400. The van der Waals surface area contributed by atoms with Crippen molar-refractivity contribution in [2.75, 3.05) is 7.11 Å². The zero-order chi connectivity index (χ0) is 18.6. The number of nitrogens with zero attached hydrogens (tertiary/aromatic N) is 2. The second-order valence-electron chi connectivity index (χ2n) is 5.33. The summed E-state index contributed by atoms with van der Waals surface area (Å²) < 4.78 is 29.8. The van der Waals surface area contributed by atoms with Crippen molar-refractivity contribution < 1.29 is 22.7 Å². The van der Waals surface area contributed by atoms with Crippen LogP contribution in [0.25, 0.3) is 10.2 Å². The molecule has 0 aliphatic carbocycles. The van der Waals surface area contributed by atoms with Crippen molar-refractivity contribution in [2.24, 2.45) is 10.1 Å². The van der Waals surface area contributed by atoms with Gasteiger partial charge in [0.1, 0.15) is 6.54 Å². The van der Waals surface area contributed by atoms with Crippen LogP contribution in [-0.4, -0.2) is 32.0 Å². The van der Waals surface area contributed by atoms with Gasteiger partial charge in [0.2, 0.25) is 15.9 Å². The van der Waals surface area contributed by atoms with Gasteiger partial charge in [-0.2, -0.15) is 4.99 Å². The van der Waals surface area contributed by atoms with Gasteiger partial charge in [-0.3, -0.25) is 9.59 Å². The smallest absolute Gasteiger partial charge is 0.325 e. The normalized spacial score (nSPS) is 12.5. The second-order valence-corrected chi connectivity index (χ2v) is 7.90. The van der Waals surface area contributed by atoms with Gasteiger partial charge >= 0.3 is 5.97 Å². The average molecular weight is 385 g/mol. The molecule has 0 fully saturated rings. The molecule has 1 amide bonds. The Labute approximate surface area is 149 Å². The van der Waals surface area contributed by atoms with Crippen LogP contribution in [0.4, 0.5) is 0 Å². The van der Waals surface area contributed by atoms with E-state index in [1.165, 1.54) is 29.9 Å². The lowest BCUT2D eigenvalue weighted by atomic mass is 10.2. The molecule has 2 rings (SSSR count). The number of aromatic nitrogens is 1. The highest BCUT2D eigenvalue weighted by Crippen LogP contribution is 2.21. The third-order valence-electron chi connectivity index (χ3n) is 3.46. The van der Waals surface area contributed by atoms with Gasteiger partial charge in [-0.15, -0.1) is 0 Å². The monoisotopic (exact) mass is 385 g/mol. The number of rotatable bonds is 6. The quantitative estimate of drug-likeness (QED) is 0.748. The summed E-state index contributed by atoms with van der Waals surface area (Å²) >= 11 is 1.12. The third kappa shape index (κ3) is 4.74. The summed E-state index contributed by atoms with van der Waals surface area (Å²) in [5.74, 6) is -0.795. The van der Waals surface area contributed by atoms with E-state index in [-0.39, 0.29) is 17.3 Å². The van der Waals surface area contributed by atoms with Gasteiger partial charge in [-0.1, -0.05) is 24.7 Å². The predicted octanol–water partition coefficient (Wildman–Crippen LogP) is 1.14. The van der Waals surface area contributed by atoms with E-state index in [4.69, 9.17) is 5.14 Å². The van der Waals surface area contributed by atoms with E-state index in [1.54, 1.807) is 0 Å². The van der Waals surface area contributed by atoms with Gasteiger partial charge < -0.3 is 9.30 Å². The number of ether oxygens (including phenoxy) is 1. The topological polar surface area (TPSA) is 121 Å². The van der Waals surface area contributed by atoms with Crippen molar-refractivity contribution in [1.82, 2.24) is 4.57 Å². The lowest BCUT2D eigenvalue weighted by molar-refractivity contribution is -0.141. The van der Waals surface area contributed by atoms with E-state index in [2.05, 4.69) is 9.73 Å². The van der Waals surface area contributed by atoms with Crippen LogP contribution in [0.3, 0.4) is 0 Å². The van der Waals surface area contributed by atoms with Crippen LogP contribution in [0.5, 0.6) is 0 Å². The maximum absolute atomic E-state index is 12.0. The molecule has 0 spiro atoms. The SMILES string of the molecule is CCCCC(=O)N=c1sc2cc(S(N)(=O)=O)ccc2n1CC(=O)OC. The Bertz CT molecular complexity index is 973. The van der Waals surface area contributed by atoms with E-state index in [0.717, 1.165) is 24.2 Å². The molecule has 0 saturated heterocycles. The Hall–Kier alpha value is -2.04. The van der Waals surface area contributed by atoms with Crippen molar-refractivity contribution >= 4 is 43.5 Å². The first-order valence-corrected chi connectivity index (χ1v) is 9.93. The van der Waals surface area contributed by atoms with Gasteiger partial charge in [-0.05, 0) is 24.6 Å². The van der Waals surface area contributed by atoms with Crippen molar-refractivity contribution in [3.63, 3.8) is 0 Å². The number of methoxy groups -OCH3 is 1. The first kappa shape index (κ1) is 19.3. The number of fused-ring (bicyclic) bond motifs is 1. The summed E-state index contributed by atoms with van der Waals surface area (Å²) in [7, 11) is -2.59. The Morgan fingerprint density at radius 1 is 1.36 bits per heavy atom. The number of unbranched alkanes of at least 4 members (excludes halogenated alkanes) is 1. The molecule has 0 bridgehead atoms. The highest BCUT2D eigenvalue weighted by molar-refractivity contribution is 7.89. The minimum absolute atomic E-state index is 0.0460. The number of benzene rings is 1. The average Bonchev–Trinajstić information content (AvgIpc) is 2.88. The molecule has 1 aromatic carbocycles. The molecule has 1 aromatic heterocycles. The molecule has 0 radical (unpaired) electrons. The first-order chi connectivity index (χ1) is 11.8. The highest BCUT2D eigenvalue weighted by Gasteiger charge is 2.15. The Kier molecular flexibility index (Phi) is 6.09. The van der Waals surface area contributed by atoms with E-state index in [1.807, 2.05) is 6.92 Å². The van der Waals surface area contributed by atoms with Crippen molar-refractivity contribution in [3.8, 4) is 0 Å².